The van der Waals surface area contributed by atoms with E-state index in [0.717, 1.165) is 69.3 Å². The van der Waals surface area contributed by atoms with Crippen LogP contribution in [0.4, 0.5) is 10.2 Å². The van der Waals surface area contributed by atoms with Gasteiger partial charge in [-0.2, -0.15) is 9.97 Å². The van der Waals surface area contributed by atoms with Crippen LogP contribution in [-0.4, -0.2) is 101 Å². The second-order valence-corrected chi connectivity index (χ2v) is 14.6. The third kappa shape index (κ3) is 5.19. The average molecular weight is 633 g/mol. The van der Waals surface area contributed by atoms with Crippen LogP contribution in [0.1, 0.15) is 69.4 Å². The third-order valence-corrected chi connectivity index (χ3v) is 11.0. The van der Waals surface area contributed by atoms with Crippen molar-refractivity contribution in [2.45, 2.75) is 88.4 Å². The van der Waals surface area contributed by atoms with Crippen molar-refractivity contribution in [1.29, 1.82) is 0 Å². The molecule has 2 N–H and O–H groups in total. The maximum atomic E-state index is 16.9. The van der Waals surface area contributed by atoms with Crippen LogP contribution < -0.4 is 15.0 Å². The predicted molar refractivity (Wildman–Crippen MR) is 173 cm³/mol. The van der Waals surface area contributed by atoms with Gasteiger partial charge in [0, 0.05) is 50.7 Å². The average Bonchev–Trinajstić information content (AvgIpc) is 3.66. The maximum Gasteiger partial charge on any atom is 0.319 e. The number of piperazine rings is 1. The molecule has 8 rings (SSSR count). The molecule has 10 nitrogen and oxygen atoms in total. The van der Waals surface area contributed by atoms with E-state index in [0.29, 0.717) is 49.7 Å². The van der Waals surface area contributed by atoms with Crippen molar-refractivity contribution in [2.75, 3.05) is 57.5 Å². The molecule has 4 saturated heterocycles. The zero-order valence-corrected chi connectivity index (χ0v) is 27.1. The first-order valence-electron chi connectivity index (χ1n) is 17.0. The molecular weight excluding hydrogens is 587 g/mol. The fourth-order valence-electron chi connectivity index (χ4n) is 9.02. The summed E-state index contributed by atoms with van der Waals surface area (Å²) in [5.41, 5.74) is 2.42. The Bertz CT molecular complexity index is 1660. The number of halogens is 1. The fraction of sp³-hybridized carbons (Fsp3) is 0.629. The van der Waals surface area contributed by atoms with E-state index in [4.69, 9.17) is 29.2 Å². The van der Waals surface area contributed by atoms with Crippen LogP contribution in [0.15, 0.2) is 18.3 Å². The van der Waals surface area contributed by atoms with Crippen molar-refractivity contribution in [2.24, 2.45) is 0 Å². The molecule has 4 atom stereocenters. The van der Waals surface area contributed by atoms with Gasteiger partial charge in [-0.3, -0.25) is 9.88 Å². The highest BCUT2D eigenvalue weighted by atomic mass is 19.1. The van der Waals surface area contributed by atoms with Gasteiger partial charge in [0.2, 0.25) is 0 Å². The van der Waals surface area contributed by atoms with Crippen LogP contribution >= 0.6 is 0 Å². The Labute approximate surface area is 269 Å². The molecule has 5 aliphatic heterocycles. The first kappa shape index (κ1) is 30.2. The van der Waals surface area contributed by atoms with E-state index in [2.05, 4.69) is 29.0 Å². The summed E-state index contributed by atoms with van der Waals surface area (Å²) in [6.07, 6.45) is 7.79. The number of hydrogen-bond acceptors (Lipinski definition) is 10. The predicted octanol–water partition coefficient (Wildman–Crippen LogP) is 4.70. The molecule has 246 valence electrons. The van der Waals surface area contributed by atoms with Gasteiger partial charge in [0.25, 0.3) is 0 Å². The Kier molecular flexibility index (Phi) is 7.58. The van der Waals surface area contributed by atoms with E-state index in [1.54, 1.807) is 18.3 Å². The van der Waals surface area contributed by atoms with E-state index in [1.165, 1.54) is 0 Å². The minimum absolute atomic E-state index is 0.0811. The first-order valence-corrected chi connectivity index (χ1v) is 17.0. The van der Waals surface area contributed by atoms with E-state index in [9.17, 15) is 5.11 Å². The topological polar surface area (TPSA) is 105 Å². The molecule has 7 bridgehead atoms. The largest absolute Gasteiger partial charge is 0.508 e. The maximum absolute atomic E-state index is 16.9. The van der Waals surface area contributed by atoms with E-state index in [-0.39, 0.29) is 52.1 Å². The Morgan fingerprint density at radius 2 is 2.00 bits per heavy atom. The van der Waals surface area contributed by atoms with Crippen LogP contribution in [-0.2, 0) is 9.47 Å². The smallest absolute Gasteiger partial charge is 0.319 e. The Morgan fingerprint density at radius 3 is 2.87 bits per heavy atom. The van der Waals surface area contributed by atoms with E-state index >= 15 is 4.39 Å². The number of ether oxygens (including phenoxy) is 3. The fourth-order valence-corrected chi connectivity index (χ4v) is 9.02. The Hall–Kier alpha value is -3.12. The van der Waals surface area contributed by atoms with Gasteiger partial charge in [0.15, 0.2) is 5.82 Å². The van der Waals surface area contributed by atoms with Crippen LogP contribution in [0.5, 0.6) is 11.8 Å². The van der Waals surface area contributed by atoms with Crippen molar-refractivity contribution < 1.29 is 23.7 Å². The summed E-state index contributed by atoms with van der Waals surface area (Å²) in [5.74, 6) is 0.295. The number of rotatable bonds is 2. The summed E-state index contributed by atoms with van der Waals surface area (Å²) in [6, 6.07) is 3.78. The molecule has 3 aromatic rings. The van der Waals surface area contributed by atoms with Crippen LogP contribution in [0.3, 0.4) is 0 Å². The zero-order valence-electron chi connectivity index (χ0n) is 27.1. The van der Waals surface area contributed by atoms with Gasteiger partial charge < -0.3 is 29.5 Å². The summed E-state index contributed by atoms with van der Waals surface area (Å²) in [7, 11) is 0. The van der Waals surface area contributed by atoms with E-state index in [1.807, 2.05) is 6.92 Å². The molecule has 46 heavy (non-hydrogen) atoms. The highest BCUT2D eigenvalue weighted by Gasteiger charge is 2.50. The molecule has 0 amide bonds. The summed E-state index contributed by atoms with van der Waals surface area (Å²) >= 11 is 0. The lowest BCUT2D eigenvalue weighted by atomic mass is 9.90. The molecule has 0 aliphatic carbocycles. The molecule has 11 heteroatoms. The van der Waals surface area contributed by atoms with Gasteiger partial charge in [0.1, 0.15) is 29.4 Å². The van der Waals surface area contributed by atoms with Gasteiger partial charge in [-0.1, -0.05) is 13.8 Å². The van der Waals surface area contributed by atoms with Gasteiger partial charge in [0.05, 0.1) is 29.2 Å². The van der Waals surface area contributed by atoms with Gasteiger partial charge in [-0.25, -0.2) is 4.39 Å². The number of phenols is 1. The van der Waals surface area contributed by atoms with Crippen molar-refractivity contribution in [3.8, 4) is 23.0 Å². The number of anilines is 1. The van der Waals surface area contributed by atoms with Gasteiger partial charge in [-0.05, 0) is 81.2 Å². The molecule has 0 unspecified atom stereocenters. The molecular formula is C35H45FN6O4. The van der Waals surface area contributed by atoms with Crippen molar-refractivity contribution in [3.05, 3.63) is 35.3 Å². The number of aromatic hydroxyl groups is 1. The lowest BCUT2D eigenvalue weighted by Gasteiger charge is -2.42. The van der Waals surface area contributed by atoms with Crippen LogP contribution in [0.25, 0.3) is 22.2 Å². The second-order valence-electron chi connectivity index (χ2n) is 14.6. The number of phenolic OH excluding ortho intramolecular Hbond substituents is 1. The lowest BCUT2D eigenvalue weighted by Crippen LogP contribution is -2.62. The lowest BCUT2D eigenvalue weighted by molar-refractivity contribution is 0.0239. The SMILES string of the molecule is Cc1cc(O)cc(-c2ncc3c4nc(nc3c2F)OC[C@]23CCCN2C[C@@H](C3)OCCCOC[C@@]23CC[C@@H](CN4C2)N3)c1C(C)C. The Balaban J connectivity index is 1.25. The highest BCUT2D eigenvalue weighted by Crippen LogP contribution is 2.42. The van der Waals surface area contributed by atoms with Crippen LogP contribution in [0.2, 0.25) is 0 Å². The normalized spacial score (nSPS) is 30.1. The molecule has 0 saturated carbocycles. The number of aryl methyl sites for hydroxylation is 1. The summed E-state index contributed by atoms with van der Waals surface area (Å²) < 4.78 is 36.0. The molecule has 4 fully saturated rings. The van der Waals surface area contributed by atoms with Crippen molar-refractivity contribution in [1.82, 2.24) is 25.2 Å². The van der Waals surface area contributed by atoms with Crippen LogP contribution in [0, 0.1) is 12.7 Å². The number of benzene rings is 1. The molecule has 2 aromatic heterocycles. The molecule has 5 aliphatic rings. The second kappa shape index (κ2) is 11.5. The zero-order chi connectivity index (χ0) is 31.6. The van der Waals surface area contributed by atoms with E-state index < -0.39 is 5.82 Å². The minimum atomic E-state index is -0.532. The minimum Gasteiger partial charge on any atom is -0.508 e. The standard InChI is InChI=1S/C35H45FN6O4/c1-21(2)28-22(3)12-24(43)13-26(28)30-29(36)31-27(15-37-30)32-39-33(38-31)46-20-35-7-4-9-42(35)17-25(14-35)45-11-5-10-44-19-34-8-6-23(40-34)16-41(32)18-34/h12-13,15,21,23,25,40,43H,4-11,14,16-20H2,1-3H3/t23-,25+,34+,35+/m0/s1. The highest BCUT2D eigenvalue weighted by molar-refractivity contribution is 5.92. The molecule has 7 heterocycles. The molecule has 2 spiro atoms. The molecule has 0 radical (unpaired) electrons. The third-order valence-electron chi connectivity index (χ3n) is 11.0. The van der Waals surface area contributed by atoms with Gasteiger partial charge >= 0.3 is 6.01 Å². The number of nitrogens with zero attached hydrogens (tertiary/aromatic N) is 5. The number of hydrogen-bond donors (Lipinski definition) is 2. The summed E-state index contributed by atoms with van der Waals surface area (Å²) in [5, 5.41) is 14.9. The monoisotopic (exact) mass is 632 g/mol. The quantitative estimate of drug-likeness (QED) is 0.413. The van der Waals surface area contributed by atoms with Crippen molar-refractivity contribution in [3.63, 3.8) is 0 Å². The first-order chi connectivity index (χ1) is 22.2. The van der Waals surface area contributed by atoms with Gasteiger partial charge in [-0.15, -0.1) is 0 Å². The molecule has 1 aromatic carbocycles. The number of nitrogens with one attached hydrogen (secondary N) is 1. The summed E-state index contributed by atoms with van der Waals surface area (Å²) in [6.45, 7) is 11.8. The summed E-state index contributed by atoms with van der Waals surface area (Å²) in [4.78, 5) is 19.2. The van der Waals surface area contributed by atoms with Crippen molar-refractivity contribution >= 4 is 16.7 Å². The number of fused-ring (bicyclic) bond motifs is 8. The number of aromatic nitrogens is 3. The number of pyridine rings is 1. The Morgan fingerprint density at radius 1 is 1.11 bits per heavy atom.